The second kappa shape index (κ2) is 12.1. The fourth-order valence-electron chi connectivity index (χ4n) is 4.94. The summed E-state index contributed by atoms with van der Waals surface area (Å²) in [6.45, 7) is 3.35. The largest absolute Gasteiger partial charge is 0.493 e. The fraction of sp³-hybridized carbons (Fsp3) is 0.267. The maximum Gasteiger partial charge on any atom is 0.252 e. The van der Waals surface area contributed by atoms with E-state index in [1.165, 1.54) is 12.1 Å². The molecule has 40 heavy (non-hydrogen) atoms. The zero-order valence-corrected chi connectivity index (χ0v) is 22.7. The van der Waals surface area contributed by atoms with E-state index in [0.717, 1.165) is 16.5 Å². The average molecular weight is 543 g/mol. The van der Waals surface area contributed by atoms with Crippen molar-refractivity contribution in [2.45, 2.75) is 39.0 Å². The van der Waals surface area contributed by atoms with Gasteiger partial charge in [0.25, 0.3) is 5.56 Å². The van der Waals surface area contributed by atoms with Gasteiger partial charge in [0, 0.05) is 30.1 Å². The van der Waals surface area contributed by atoms with Crippen LogP contribution in [0.3, 0.4) is 0 Å². The zero-order valence-electron chi connectivity index (χ0n) is 22.7. The number of ether oxygens (including phenoxy) is 2. The van der Waals surface area contributed by atoms with Crippen LogP contribution >= 0.6 is 0 Å². The summed E-state index contributed by atoms with van der Waals surface area (Å²) >= 11 is 0. The van der Waals surface area contributed by atoms with Crippen LogP contribution in [0.25, 0.3) is 10.9 Å². The monoisotopic (exact) mass is 542 g/mol. The second-order valence-electron chi connectivity index (χ2n) is 9.55. The molecule has 0 aliphatic carbocycles. The minimum atomic E-state index is -0.301. The van der Waals surface area contributed by atoms with E-state index in [4.69, 9.17) is 9.47 Å². The number of aromatic nitrogens is 5. The first-order chi connectivity index (χ1) is 19.5. The number of pyridine rings is 1. The van der Waals surface area contributed by atoms with Crippen molar-refractivity contribution in [1.82, 2.24) is 30.1 Å². The van der Waals surface area contributed by atoms with E-state index in [1.54, 1.807) is 37.1 Å². The van der Waals surface area contributed by atoms with Crippen LogP contribution in [0.15, 0.2) is 77.6 Å². The number of hydrogen-bond donors (Lipinski definition) is 1. The fourth-order valence-corrected chi connectivity index (χ4v) is 4.94. The Hall–Kier alpha value is -4.57. The Morgan fingerprint density at radius 3 is 2.38 bits per heavy atom. The van der Waals surface area contributed by atoms with Gasteiger partial charge in [0.2, 0.25) is 0 Å². The molecule has 0 amide bonds. The lowest BCUT2D eigenvalue weighted by atomic mass is 10.1. The predicted molar refractivity (Wildman–Crippen MR) is 150 cm³/mol. The number of methoxy groups -OCH3 is 2. The molecule has 0 saturated heterocycles. The second-order valence-corrected chi connectivity index (χ2v) is 9.55. The number of halogens is 1. The van der Waals surface area contributed by atoms with Gasteiger partial charge in [-0.25, -0.2) is 9.07 Å². The van der Waals surface area contributed by atoms with Crippen molar-refractivity contribution in [2.75, 3.05) is 14.2 Å². The molecule has 0 bridgehead atoms. The molecule has 5 aromatic rings. The summed E-state index contributed by atoms with van der Waals surface area (Å²) < 4.78 is 26.3. The topological polar surface area (TPSA) is 98.2 Å². The van der Waals surface area contributed by atoms with Crippen molar-refractivity contribution >= 4 is 10.9 Å². The highest BCUT2D eigenvalue weighted by molar-refractivity contribution is 5.83. The zero-order chi connectivity index (χ0) is 28.1. The van der Waals surface area contributed by atoms with Crippen LogP contribution in [-0.2, 0) is 19.6 Å². The molecule has 10 heteroatoms. The highest BCUT2D eigenvalue weighted by Gasteiger charge is 2.26. The van der Waals surface area contributed by atoms with Gasteiger partial charge in [0.1, 0.15) is 5.82 Å². The summed E-state index contributed by atoms with van der Waals surface area (Å²) in [5, 5.41) is 13.5. The molecule has 0 unspecified atom stereocenters. The third-order valence-corrected chi connectivity index (χ3v) is 6.96. The van der Waals surface area contributed by atoms with E-state index in [-0.39, 0.29) is 17.4 Å². The highest BCUT2D eigenvalue weighted by atomic mass is 19.1. The molecule has 9 nitrogen and oxygen atoms in total. The van der Waals surface area contributed by atoms with Crippen molar-refractivity contribution in [1.29, 1.82) is 0 Å². The Kier molecular flexibility index (Phi) is 8.16. The summed E-state index contributed by atoms with van der Waals surface area (Å²) in [6, 6.07) is 21.6. The lowest BCUT2D eigenvalue weighted by Crippen LogP contribution is -2.32. The molecule has 0 spiro atoms. The molecule has 5 rings (SSSR count). The lowest BCUT2D eigenvalue weighted by Gasteiger charge is -2.30. The van der Waals surface area contributed by atoms with Crippen molar-refractivity contribution in [3.8, 4) is 11.5 Å². The highest BCUT2D eigenvalue weighted by Crippen LogP contribution is 2.32. The summed E-state index contributed by atoms with van der Waals surface area (Å²) in [5.74, 6) is 1.50. The normalized spacial score (nSPS) is 12.1. The van der Waals surface area contributed by atoms with E-state index >= 15 is 0 Å². The van der Waals surface area contributed by atoms with Crippen LogP contribution in [0, 0.1) is 5.82 Å². The third kappa shape index (κ3) is 5.86. The molecule has 206 valence electrons. The number of hydrogen-bond acceptors (Lipinski definition) is 7. The Labute approximate surface area is 231 Å². The number of nitrogens with one attached hydrogen (secondary N) is 1. The van der Waals surface area contributed by atoms with Gasteiger partial charge in [0.05, 0.1) is 32.3 Å². The van der Waals surface area contributed by atoms with Gasteiger partial charge in [-0.05, 0) is 52.2 Å². The minimum absolute atomic E-state index is 0.206. The van der Waals surface area contributed by atoms with Gasteiger partial charge >= 0.3 is 0 Å². The third-order valence-electron chi connectivity index (χ3n) is 6.96. The maximum absolute atomic E-state index is 13.7. The average Bonchev–Trinajstić information content (AvgIpc) is 3.42. The molecule has 2 heterocycles. The Balaban J connectivity index is 1.53. The van der Waals surface area contributed by atoms with Crippen LogP contribution in [-0.4, -0.2) is 44.3 Å². The number of benzene rings is 3. The Morgan fingerprint density at radius 2 is 1.68 bits per heavy atom. The van der Waals surface area contributed by atoms with Crippen molar-refractivity contribution < 1.29 is 13.9 Å². The van der Waals surface area contributed by atoms with Crippen LogP contribution in [0.4, 0.5) is 4.39 Å². The summed E-state index contributed by atoms with van der Waals surface area (Å²) in [4.78, 5) is 18.4. The number of rotatable bonds is 11. The van der Waals surface area contributed by atoms with Gasteiger partial charge in [-0.15, -0.1) is 5.10 Å². The first-order valence-electron chi connectivity index (χ1n) is 13.1. The van der Waals surface area contributed by atoms with E-state index in [2.05, 4.69) is 32.3 Å². The van der Waals surface area contributed by atoms with Crippen molar-refractivity contribution in [3.63, 3.8) is 0 Å². The van der Waals surface area contributed by atoms with E-state index in [0.29, 0.717) is 54.5 Å². The molecule has 1 atom stereocenters. The van der Waals surface area contributed by atoms with Gasteiger partial charge in [-0.3, -0.25) is 9.69 Å². The quantitative estimate of drug-likeness (QED) is 0.254. The molecule has 0 saturated carbocycles. The van der Waals surface area contributed by atoms with Gasteiger partial charge in [-0.2, -0.15) is 0 Å². The molecule has 0 aliphatic heterocycles. The lowest BCUT2D eigenvalue weighted by molar-refractivity contribution is 0.161. The number of tetrazole rings is 1. The standard InChI is InChI=1S/C30H31FN6O3/c1-4-26(29-33-34-35-37(29)18-20-8-6-5-7-9-20)36(17-21-10-12-24(31)13-11-21)19-23-14-22-15-27(39-2)28(40-3)16-25(22)32-30(23)38/h5-16,26H,4,17-19H2,1-3H3,(H,32,38)/t26-/m1/s1. The molecular weight excluding hydrogens is 511 g/mol. The number of nitrogens with zero attached hydrogens (tertiary/aromatic N) is 5. The van der Waals surface area contributed by atoms with E-state index in [1.807, 2.05) is 42.5 Å². The summed E-state index contributed by atoms with van der Waals surface area (Å²) in [7, 11) is 3.13. The van der Waals surface area contributed by atoms with Crippen LogP contribution in [0.1, 0.15) is 41.9 Å². The number of fused-ring (bicyclic) bond motifs is 1. The smallest absolute Gasteiger partial charge is 0.252 e. The van der Waals surface area contributed by atoms with Crippen LogP contribution < -0.4 is 15.0 Å². The first kappa shape index (κ1) is 27.0. The van der Waals surface area contributed by atoms with Gasteiger partial charge in [-0.1, -0.05) is 49.4 Å². The molecule has 3 aromatic carbocycles. The van der Waals surface area contributed by atoms with Gasteiger partial charge in [0.15, 0.2) is 17.3 Å². The number of H-pyrrole nitrogens is 1. The molecule has 0 aliphatic rings. The van der Waals surface area contributed by atoms with E-state index in [9.17, 15) is 9.18 Å². The Bertz CT molecular complexity index is 1640. The molecule has 1 N–H and O–H groups in total. The van der Waals surface area contributed by atoms with Crippen LogP contribution in [0.5, 0.6) is 11.5 Å². The first-order valence-corrected chi connectivity index (χ1v) is 13.1. The molecular formula is C30H31FN6O3. The summed E-state index contributed by atoms with van der Waals surface area (Å²) in [5.41, 5.74) is 3.00. The Morgan fingerprint density at radius 1 is 0.950 bits per heavy atom. The van der Waals surface area contributed by atoms with E-state index < -0.39 is 0 Å². The molecule has 2 aromatic heterocycles. The predicted octanol–water partition coefficient (Wildman–Crippen LogP) is 4.87. The number of aromatic amines is 1. The SMILES string of the molecule is CC[C@H](c1nnnn1Cc1ccccc1)N(Cc1ccc(F)cc1)Cc1cc2cc(OC)c(OC)cc2[nH]c1=O. The summed E-state index contributed by atoms with van der Waals surface area (Å²) in [6.07, 6.45) is 0.687. The minimum Gasteiger partial charge on any atom is -0.493 e. The molecule has 0 fully saturated rings. The van der Waals surface area contributed by atoms with Crippen molar-refractivity contribution in [3.05, 3.63) is 111 Å². The van der Waals surface area contributed by atoms with Gasteiger partial charge < -0.3 is 14.5 Å². The maximum atomic E-state index is 13.7. The molecule has 0 radical (unpaired) electrons. The van der Waals surface area contributed by atoms with Crippen LogP contribution in [0.2, 0.25) is 0 Å². The van der Waals surface area contributed by atoms with Crippen molar-refractivity contribution in [2.24, 2.45) is 0 Å².